The maximum absolute atomic E-state index is 12.9. The summed E-state index contributed by atoms with van der Waals surface area (Å²) in [6, 6.07) is 10.5. The molecule has 8 nitrogen and oxygen atoms in total. The van der Waals surface area contributed by atoms with Gasteiger partial charge in [0.25, 0.3) is 5.91 Å². The Bertz CT molecular complexity index is 1080. The molecule has 1 aliphatic carbocycles. The standard InChI is InChI=1S/C26H30N2O6/c1-17-8-10-23(24(12-17)32-2)33-15-21(29)18-9-11-22-20(13-18)28(26(31)16-34-22)14-25(30)27-19-6-4-3-5-7-19/h8-13,19H,3-7,14-16H2,1-2H3,(H,27,30). The number of ether oxygens (including phenoxy) is 3. The fraction of sp³-hybridized carbons (Fsp3) is 0.423. The highest BCUT2D eigenvalue weighted by Crippen LogP contribution is 2.33. The van der Waals surface area contributed by atoms with Gasteiger partial charge in [-0.25, -0.2) is 0 Å². The molecule has 1 N–H and O–H groups in total. The van der Waals surface area contributed by atoms with Crippen LogP contribution in [0.3, 0.4) is 0 Å². The van der Waals surface area contributed by atoms with Crippen LogP contribution in [-0.4, -0.2) is 50.5 Å². The van der Waals surface area contributed by atoms with Crippen molar-refractivity contribution in [2.45, 2.75) is 45.1 Å². The zero-order valence-electron chi connectivity index (χ0n) is 19.6. The van der Waals surface area contributed by atoms with E-state index >= 15 is 0 Å². The highest BCUT2D eigenvalue weighted by Gasteiger charge is 2.29. The molecule has 2 amide bonds. The second-order valence-corrected chi connectivity index (χ2v) is 8.72. The maximum atomic E-state index is 12.9. The van der Waals surface area contributed by atoms with Gasteiger partial charge in [-0.2, -0.15) is 0 Å². The molecule has 8 heteroatoms. The molecule has 1 fully saturated rings. The number of aryl methyl sites for hydroxylation is 1. The molecule has 0 aromatic heterocycles. The fourth-order valence-electron chi connectivity index (χ4n) is 4.33. The molecule has 1 heterocycles. The van der Waals surface area contributed by atoms with E-state index < -0.39 is 0 Å². The largest absolute Gasteiger partial charge is 0.493 e. The van der Waals surface area contributed by atoms with Crippen LogP contribution in [-0.2, 0) is 9.59 Å². The number of fused-ring (bicyclic) bond motifs is 1. The van der Waals surface area contributed by atoms with Gasteiger partial charge in [-0.15, -0.1) is 0 Å². The number of carbonyl (C=O) groups is 3. The smallest absolute Gasteiger partial charge is 0.265 e. The molecular formula is C26H30N2O6. The van der Waals surface area contributed by atoms with E-state index in [-0.39, 0.29) is 43.4 Å². The number of hydrogen-bond donors (Lipinski definition) is 1. The van der Waals surface area contributed by atoms with Crippen LogP contribution in [0.1, 0.15) is 48.0 Å². The Hall–Kier alpha value is -3.55. The summed E-state index contributed by atoms with van der Waals surface area (Å²) in [4.78, 5) is 39.5. The molecule has 0 bridgehead atoms. The number of hydrogen-bond acceptors (Lipinski definition) is 6. The second-order valence-electron chi connectivity index (χ2n) is 8.72. The first-order valence-corrected chi connectivity index (χ1v) is 11.6. The van der Waals surface area contributed by atoms with Gasteiger partial charge in [0.2, 0.25) is 5.91 Å². The third-order valence-electron chi connectivity index (χ3n) is 6.17. The molecule has 1 aliphatic heterocycles. The minimum atomic E-state index is -0.323. The van der Waals surface area contributed by atoms with Gasteiger partial charge in [0.05, 0.1) is 12.8 Å². The maximum Gasteiger partial charge on any atom is 0.265 e. The zero-order chi connectivity index (χ0) is 24.1. The van der Waals surface area contributed by atoms with Crippen LogP contribution in [0.5, 0.6) is 17.2 Å². The van der Waals surface area contributed by atoms with Crippen LogP contribution in [0.25, 0.3) is 0 Å². The van der Waals surface area contributed by atoms with Crippen molar-refractivity contribution >= 4 is 23.3 Å². The highest BCUT2D eigenvalue weighted by atomic mass is 16.5. The predicted molar refractivity (Wildman–Crippen MR) is 127 cm³/mol. The Morgan fingerprint density at radius 2 is 1.88 bits per heavy atom. The number of rotatable bonds is 8. The van der Waals surface area contributed by atoms with Gasteiger partial charge in [-0.1, -0.05) is 25.3 Å². The Labute approximate surface area is 199 Å². The predicted octanol–water partition coefficient (Wildman–Crippen LogP) is 3.44. The number of carbonyl (C=O) groups excluding carboxylic acids is 3. The zero-order valence-corrected chi connectivity index (χ0v) is 19.6. The Morgan fingerprint density at radius 1 is 1.09 bits per heavy atom. The van der Waals surface area contributed by atoms with Crippen molar-refractivity contribution in [3.63, 3.8) is 0 Å². The van der Waals surface area contributed by atoms with Crippen LogP contribution in [0.4, 0.5) is 5.69 Å². The van der Waals surface area contributed by atoms with Crippen LogP contribution in [0.15, 0.2) is 36.4 Å². The molecule has 0 radical (unpaired) electrons. The summed E-state index contributed by atoms with van der Waals surface area (Å²) in [5, 5.41) is 3.04. The van der Waals surface area contributed by atoms with Gasteiger partial charge >= 0.3 is 0 Å². The number of anilines is 1. The second kappa shape index (κ2) is 10.6. The molecule has 0 atom stereocenters. The minimum Gasteiger partial charge on any atom is -0.493 e. The average Bonchev–Trinajstić information content (AvgIpc) is 2.85. The van der Waals surface area contributed by atoms with Crippen molar-refractivity contribution < 1.29 is 28.6 Å². The fourth-order valence-corrected chi connectivity index (χ4v) is 4.33. The normalized spacial score (nSPS) is 15.8. The molecular weight excluding hydrogens is 436 g/mol. The van der Waals surface area contributed by atoms with E-state index in [1.807, 2.05) is 19.1 Å². The third-order valence-corrected chi connectivity index (χ3v) is 6.17. The van der Waals surface area contributed by atoms with Gasteiger partial charge in [-0.3, -0.25) is 19.3 Å². The first-order chi connectivity index (χ1) is 16.4. The monoisotopic (exact) mass is 466 g/mol. The van der Waals surface area contributed by atoms with Crippen molar-refractivity contribution in [2.75, 3.05) is 31.8 Å². The van der Waals surface area contributed by atoms with Gasteiger partial charge in [0.15, 0.2) is 30.5 Å². The van der Waals surface area contributed by atoms with E-state index in [4.69, 9.17) is 14.2 Å². The van der Waals surface area contributed by atoms with E-state index in [0.717, 1.165) is 31.2 Å². The lowest BCUT2D eigenvalue weighted by atomic mass is 9.95. The van der Waals surface area contributed by atoms with Crippen LogP contribution < -0.4 is 24.4 Å². The molecule has 2 aromatic rings. The van der Waals surface area contributed by atoms with Crippen molar-refractivity contribution in [3.8, 4) is 17.2 Å². The summed E-state index contributed by atoms with van der Waals surface area (Å²) in [6.45, 7) is 1.48. The molecule has 0 saturated heterocycles. The lowest BCUT2D eigenvalue weighted by Gasteiger charge is -2.30. The summed E-state index contributed by atoms with van der Waals surface area (Å²) < 4.78 is 16.5. The quantitative estimate of drug-likeness (QED) is 0.599. The van der Waals surface area contributed by atoms with Gasteiger partial charge in [-0.05, 0) is 55.7 Å². The van der Waals surface area contributed by atoms with Crippen LogP contribution in [0.2, 0.25) is 0 Å². The van der Waals surface area contributed by atoms with Crippen LogP contribution in [0, 0.1) is 6.92 Å². The van der Waals surface area contributed by atoms with Gasteiger partial charge in [0, 0.05) is 11.6 Å². The first kappa shape index (κ1) is 23.6. The van der Waals surface area contributed by atoms with Crippen molar-refractivity contribution in [3.05, 3.63) is 47.5 Å². The molecule has 1 saturated carbocycles. The SMILES string of the molecule is COc1cc(C)ccc1OCC(=O)c1ccc2c(c1)N(CC(=O)NC1CCCCC1)C(=O)CO2. The number of Topliss-reactive ketones (excluding diaryl/α,β-unsaturated/α-hetero) is 1. The summed E-state index contributed by atoms with van der Waals surface area (Å²) in [5.74, 6) is 0.681. The van der Waals surface area contributed by atoms with Crippen molar-refractivity contribution in [1.29, 1.82) is 0 Å². The number of methoxy groups -OCH3 is 1. The Balaban J connectivity index is 1.45. The molecule has 180 valence electrons. The van der Waals surface area contributed by atoms with Gasteiger partial charge < -0.3 is 19.5 Å². The lowest BCUT2D eigenvalue weighted by molar-refractivity contribution is -0.125. The molecule has 0 spiro atoms. The number of nitrogens with one attached hydrogen (secondary N) is 1. The number of nitrogens with zero attached hydrogens (tertiary/aromatic N) is 1. The Morgan fingerprint density at radius 3 is 2.65 bits per heavy atom. The Kier molecular flexibility index (Phi) is 7.35. The third kappa shape index (κ3) is 5.50. The van der Waals surface area contributed by atoms with E-state index in [0.29, 0.717) is 28.5 Å². The topological polar surface area (TPSA) is 94.2 Å². The van der Waals surface area contributed by atoms with E-state index in [9.17, 15) is 14.4 Å². The summed E-state index contributed by atoms with van der Waals surface area (Å²) >= 11 is 0. The summed E-state index contributed by atoms with van der Waals surface area (Å²) in [7, 11) is 1.54. The number of amides is 2. The molecule has 2 aliphatic rings. The van der Waals surface area contributed by atoms with Crippen molar-refractivity contribution in [2.24, 2.45) is 0 Å². The van der Waals surface area contributed by atoms with Crippen molar-refractivity contribution in [1.82, 2.24) is 5.32 Å². The number of benzene rings is 2. The number of ketones is 1. The van der Waals surface area contributed by atoms with Gasteiger partial charge in [0.1, 0.15) is 12.3 Å². The average molecular weight is 467 g/mol. The van der Waals surface area contributed by atoms with E-state index in [2.05, 4.69) is 5.32 Å². The first-order valence-electron chi connectivity index (χ1n) is 11.6. The highest BCUT2D eigenvalue weighted by molar-refractivity contribution is 6.04. The summed E-state index contributed by atoms with van der Waals surface area (Å²) in [5.41, 5.74) is 1.79. The van der Waals surface area contributed by atoms with E-state index in [1.165, 1.54) is 11.3 Å². The molecule has 34 heavy (non-hydrogen) atoms. The minimum absolute atomic E-state index is 0.111. The van der Waals surface area contributed by atoms with E-state index in [1.54, 1.807) is 31.4 Å². The molecule has 0 unspecified atom stereocenters. The molecule has 4 rings (SSSR count). The molecule has 2 aromatic carbocycles. The lowest BCUT2D eigenvalue weighted by Crippen LogP contribution is -2.47. The van der Waals surface area contributed by atoms with Crippen LogP contribution >= 0.6 is 0 Å². The summed E-state index contributed by atoms with van der Waals surface area (Å²) in [6.07, 6.45) is 5.32.